The zero-order chi connectivity index (χ0) is 17.7. The summed E-state index contributed by atoms with van der Waals surface area (Å²) in [5.74, 6) is 0. The molecule has 0 saturated carbocycles. The lowest BCUT2D eigenvalue weighted by molar-refractivity contribution is -0.702. The van der Waals surface area contributed by atoms with Gasteiger partial charge in [0.1, 0.15) is 24.4 Å². The van der Waals surface area contributed by atoms with Crippen LogP contribution in [-0.2, 0) is 18.4 Å². The molecule has 0 radical (unpaired) electrons. The first-order valence-corrected chi connectivity index (χ1v) is 8.81. The van der Waals surface area contributed by atoms with E-state index in [1.165, 1.54) is 5.56 Å². The van der Waals surface area contributed by atoms with Crippen molar-refractivity contribution in [3.8, 4) is 6.07 Å². The van der Waals surface area contributed by atoms with Crippen molar-refractivity contribution in [3.05, 3.63) is 88.4 Å². The summed E-state index contributed by atoms with van der Waals surface area (Å²) in [6.45, 7) is 0.515. The highest BCUT2D eigenvalue weighted by Crippen LogP contribution is 2.36. The van der Waals surface area contributed by atoms with Crippen LogP contribution in [0.5, 0.6) is 0 Å². The molecule has 1 atom stereocenters. The van der Waals surface area contributed by atoms with Gasteiger partial charge in [-0.15, -0.1) is 0 Å². The van der Waals surface area contributed by atoms with Gasteiger partial charge in [-0.2, -0.15) is 5.26 Å². The van der Waals surface area contributed by atoms with Crippen LogP contribution in [-0.4, -0.2) is 4.98 Å². The lowest BCUT2D eigenvalue weighted by atomic mass is 9.77. The minimum absolute atomic E-state index is 0.515. The van der Waals surface area contributed by atoms with Crippen LogP contribution in [0.1, 0.15) is 17.5 Å². The fourth-order valence-corrected chi connectivity index (χ4v) is 3.65. The minimum Gasteiger partial charge on any atom is -0.250 e. The number of nitrogens with one attached hydrogen (secondary N) is 1. The fraction of sp³-hybridized carbons (Fsp3) is 0.200. The van der Waals surface area contributed by atoms with Gasteiger partial charge < -0.3 is 0 Å². The van der Waals surface area contributed by atoms with Crippen LogP contribution in [0.4, 0.5) is 0 Å². The molecule has 0 fully saturated rings. The Labute approximate surface area is 157 Å². The maximum absolute atomic E-state index is 10.1. The van der Waals surface area contributed by atoms with E-state index in [0.29, 0.717) is 23.0 Å². The molecule has 3 rings (SSSR count). The average Bonchev–Trinajstić information content (AvgIpc) is 3.13. The molecule has 0 bridgehead atoms. The number of H-pyrrole nitrogens is 1. The molecule has 1 unspecified atom stereocenters. The first-order valence-electron chi connectivity index (χ1n) is 8.05. The van der Waals surface area contributed by atoms with Crippen molar-refractivity contribution < 1.29 is 4.57 Å². The van der Waals surface area contributed by atoms with E-state index in [-0.39, 0.29) is 0 Å². The van der Waals surface area contributed by atoms with E-state index in [2.05, 4.69) is 23.2 Å². The van der Waals surface area contributed by atoms with Gasteiger partial charge in [-0.05, 0) is 36.1 Å². The summed E-state index contributed by atoms with van der Waals surface area (Å²) in [5, 5.41) is 11.2. The second-order valence-corrected chi connectivity index (χ2v) is 6.93. The van der Waals surface area contributed by atoms with E-state index < -0.39 is 5.41 Å². The van der Waals surface area contributed by atoms with Gasteiger partial charge in [0, 0.05) is 10.0 Å². The van der Waals surface area contributed by atoms with E-state index in [1.54, 1.807) is 12.1 Å². The number of aryl methyl sites for hydroxylation is 1. The highest BCUT2D eigenvalue weighted by atomic mass is 35.5. The predicted molar refractivity (Wildman–Crippen MR) is 99.5 cm³/mol. The number of aromatic nitrogens is 2. The molecule has 1 aromatic heterocycles. The van der Waals surface area contributed by atoms with E-state index in [9.17, 15) is 5.26 Å². The monoisotopic (exact) mass is 370 g/mol. The van der Waals surface area contributed by atoms with Crippen LogP contribution in [0.15, 0.2) is 67.3 Å². The quantitative estimate of drug-likeness (QED) is 0.627. The maximum atomic E-state index is 10.1. The van der Waals surface area contributed by atoms with Crippen molar-refractivity contribution in [1.29, 1.82) is 5.26 Å². The van der Waals surface area contributed by atoms with E-state index in [1.807, 2.05) is 47.6 Å². The Bertz CT molecular complexity index is 870. The van der Waals surface area contributed by atoms with Gasteiger partial charge in [-0.3, -0.25) is 4.98 Å². The van der Waals surface area contributed by atoms with E-state index in [0.717, 1.165) is 12.0 Å². The van der Waals surface area contributed by atoms with Gasteiger partial charge in [-0.25, -0.2) is 4.57 Å². The molecule has 5 heteroatoms. The third-order valence-corrected chi connectivity index (χ3v) is 4.95. The van der Waals surface area contributed by atoms with Crippen LogP contribution in [0.2, 0.25) is 10.0 Å². The summed E-state index contributed by atoms with van der Waals surface area (Å²) in [4.78, 5) is 3.02. The molecule has 0 amide bonds. The Morgan fingerprint density at radius 2 is 1.92 bits per heavy atom. The lowest BCUT2D eigenvalue weighted by Gasteiger charge is -2.26. The fourth-order valence-electron chi connectivity index (χ4n) is 3.06. The third kappa shape index (κ3) is 4.04. The molecule has 2 aromatic carbocycles. The highest BCUT2D eigenvalue weighted by molar-refractivity contribution is 6.35. The standard InChI is InChI=1S/C20H17Cl2N3/c21-17-6-7-18(19(22)12-17)20(13-23,14-25-11-10-24-15-25)9-8-16-4-2-1-3-5-16/h1-7,10-12,15H,8-9,14H2/p+1. The summed E-state index contributed by atoms with van der Waals surface area (Å²) >= 11 is 12.5. The molecule has 1 heterocycles. The molecule has 3 aromatic rings. The molecule has 126 valence electrons. The first kappa shape index (κ1) is 17.5. The largest absolute Gasteiger partial charge is 0.250 e. The Balaban J connectivity index is 1.98. The number of nitrogens with zero attached hydrogens (tertiary/aromatic N) is 2. The normalized spacial score (nSPS) is 13.2. The molecular weight excluding hydrogens is 353 g/mol. The molecule has 0 aliphatic carbocycles. The molecule has 0 aliphatic rings. The Kier molecular flexibility index (Phi) is 5.43. The Hall–Kier alpha value is -2.28. The molecule has 25 heavy (non-hydrogen) atoms. The predicted octanol–water partition coefficient (Wildman–Crippen LogP) is 4.70. The topological polar surface area (TPSA) is 43.5 Å². The zero-order valence-electron chi connectivity index (χ0n) is 13.6. The van der Waals surface area contributed by atoms with Crippen molar-refractivity contribution in [2.75, 3.05) is 0 Å². The van der Waals surface area contributed by atoms with E-state index in [4.69, 9.17) is 23.2 Å². The van der Waals surface area contributed by atoms with Crippen LogP contribution >= 0.6 is 23.2 Å². The molecule has 3 nitrogen and oxygen atoms in total. The highest BCUT2D eigenvalue weighted by Gasteiger charge is 2.36. The Morgan fingerprint density at radius 3 is 2.56 bits per heavy atom. The van der Waals surface area contributed by atoms with E-state index >= 15 is 0 Å². The number of imidazole rings is 1. The molecule has 0 saturated heterocycles. The van der Waals surface area contributed by atoms with Crippen LogP contribution in [0, 0.1) is 11.3 Å². The molecule has 0 aliphatic heterocycles. The SMILES string of the molecule is N#CC(CCc1ccccc1)(C[n+]1cc[nH]c1)c1ccc(Cl)cc1Cl. The summed E-state index contributed by atoms with van der Waals surface area (Å²) < 4.78 is 1.97. The number of rotatable bonds is 6. The summed E-state index contributed by atoms with van der Waals surface area (Å²) in [5.41, 5.74) is 1.27. The number of nitriles is 1. The van der Waals surface area contributed by atoms with Gasteiger partial charge in [0.15, 0.2) is 0 Å². The van der Waals surface area contributed by atoms with Crippen molar-refractivity contribution >= 4 is 23.2 Å². The van der Waals surface area contributed by atoms with Gasteiger partial charge in [0.2, 0.25) is 6.33 Å². The Morgan fingerprint density at radius 1 is 1.12 bits per heavy atom. The number of aromatic amines is 1. The van der Waals surface area contributed by atoms with Crippen LogP contribution in [0.25, 0.3) is 0 Å². The van der Waals surface area contributed by atoms with Gasteiger partial charge in [0.05, 0.1) is 6.07 Å². The van der Waals surface area contributed by atoms with Gasteiger partial charge in [-0.1, -0.05) is 59.6 Å². The van der Waals surface area contributed by atoms with Gasteiger partial charge in [0.25, 0.3) is 0 Å². The third-order valence-electron chi connectivity index (χ3n) is 4.40. The van der Waals surface area contributed by atoms with Crippen molar-refractivity contribution in [1.82, 2.24) is 4.98 Å². The van der Waals surface area contributed by atoms with Gasteiger partial charge >= 0.3 is 0 Å². The number of benzene rings is 2. The van der Waals surface area contributed by atoms with Crippen LogP contribution in [0.3, 0.4) is 0 Å². The summed E-state index contributed by atoms with van der Waals surface area (Å²) in [7, 11) is 0. The molecule has 1 N–H and O–H groups in total. The van der Waals surface area contributed by atoms with Crippen molar-refractivity contribution in [2.24, 2.45) is 0 Å². The minimum atomic E-state index is -0.746. The second kappa shape index (κ2) is 7.74. The number of hydrogen-bond acceptors (Lipinski definition) is 1. The second-order valence-electron chi connectivity index (χ2n) is 6.09. The molecule has 0 spiro atoms. The smallest absolute Gasteiger partial charge is 0.241 e. The summed E-state index contributed by atoms with van der Waals surface area (Å²) in [6, 6.07) is 18.1. The average molecular weight is 371 g/mol. The maximum Gasteiger partial charge on any atom is 0.241 e. The lowest BCUT2D eigenvalue weighted by Crippen LogP contribution is -2.44. The number of hydrogen-bond donors (Lipinski definition) is 1. The first-order chi connectivity index (χ1) is 12.1. The van der Waals surface area contributed by atoms with Crippen molar-refractivity contribution in [2.45, 2.75) is 24.8 Å². The van der Waals surface area contributed by atoms with Crippen LogP contribution < -0.4 is 4.57 Å². The van der Waals surface area contributed by atoms with Crippen molar-refractivity contribution in [3.63, 3.8) is 0 Å². The summed E-state index contributed by atoms with van der Waals surface area (Å²) in [6.07, 6.45) is 7.05. The molecular formula is C20H18Cl2N3+. The number of halogens is 2. The zero-order valence-corrected chi connectivity index (χ0v) is 15.1.